The second-order valence-electron chi connectivity index (χ2n) is 10.2. The van der Waals surface area contributed by atoms with E-state index in [9.17, 15) is 4.79 Å². The lowest BCUT2D eigenvalue weighted by Crippen LogP contribution is -2.44. The molecule has 1 aliphatic carbocycles. The zero-order valence-electron chi connectivity index (χ0n) is 21.6. The Balaban J connectivity index is 1.31. The van der Waals surface area contributed by atoms with Crippen LogP contribution in [0.1, 0.15) is 96.0 Å². The number of likely N-dealkylation sites (tertiary alicyclic amines) is 1. The molecule has 1 saturated carbocycles. The smallest absolute Gasteiger partial charge is 0.410 e. The van der Waals surface area contributed by atoms with Gasteiger partial charge in [-0.25, -0.2) is 4.79 Å². The van der Waals surface area contributed by atoms with Gasteiger partial charge in [0.2, 0.25) is 0 Å². The highest BCUT2D eigenvalue weighted by molar-refractivity contribution is 5.68. The monoisotopic (exact) mass is 472 g/mol. The largest absolute Gasteiger partial charge is 0.445 e. The summed E-state index contributed by atoms with van der Waals surface area (Å²) >= 11 is 0. The van der Waals surface area contributed by atoms with Crippen molar-refractivity contribution in [3.05, 3.63) is 35.9 Å². The standard InChI is InChI=1S/C29H48N2O3/c1-2-3-9-23-31(29(32)34-25-26-14-7-6-8-15-26)27-16-18-28(19-17-27)33-24-13-5-4-10-20-30-21-11-12-22-30/h6-8,14-15,27-28H,2-5,9-13,16-25H2,1H3. The molecule has 5 heteroatoms. The van der Waals surface area contributed by atoms with Crippen molar-refractivity contribution >= 4 is 6.09 Å². The van der Waals surface area contributed by atoms with Crippen LogP contribution in [-0.2, 0) is 16.1 Å². The predicted molar refractivity (Wildman–Crippen MR) is 139 cm³/mol. The topological polar surface area (TPSA) is 42.0 Å². The van der Waals surface area contributed by atoms with Gasteiger partial charge in [-0.1, -0.05) is 62.9 Å². The molecule has 0 bridgehead atoms. The maximum atomic E-state index is 12.9. The van der Waals surface area contributed by atoms with E-state index in [4.69, 9.17) is 9.47 Å². The van der Waals surface area contributed by atoms with E-state index in [2.05, 4.69) is 11.8 Å². The number of benzene rings is 1. The summed E-state index contributed by atoms with van der Waals surface area (Å²) in [6, 6.07) is 10.2. The summed E-state index contributed by atoms with van der Waals surface area (Å²) in [6.45, 7) is 8.15. The molecule has 0 atom stereocenters. The molecule has 2 aliphatic rings. The maximum absolute atomic E-state index is 12.9. The van der Waals surface area contributed by atoms with Crippen LogP contribution in [0.2, 0.25) is 0 Å². The van der Waals surface area contributed by atoms with Gasteiger partial charge in [0.05, 0.1) is 6.10 Å². The number of carbonyl (C=O) groups excluding carboxylic acids is 1. The van der Waals surface area contributed by atoms with Gasteiger partial charge in [-0.05, 0) is 83.0 Å². The second-order valence-corrected chi connectivity index (χ2v) is 10.2. The van der Waals surface area contributed by atoms with E-state index in [0.717, 1.165) is 63.7 Å². The van der Waals surface area contributed by atoms with E-state index in [-0.39, 0.29) is 12.1 Å². The van der Waals surface area contributed by atoms with Crippen LogP contribution < -0.4 is 0 Å². The zero-order chi connectivity index (χ0) is 23.8. The van der Waals surface area contributed by atoms with Crippen molar-refractivity contribution in [2.45, 2.75) is 109 Å². The van der Waals surface area contributed by atoms with Gasteiger partial charge in [-0.3, -0.25) is 0 Å². The summed E-state index contributed by atoms with van der Waals surface area (Å²) in [5.41, 5.74) is 1.04. The summed E-state index contributed by atoms with van der Waals surface area (Å²) in [5, 5.41) is 0. The summed E-state index contributed by atoms with van der Waals surface area (Å²) in [5.74, 6) is 0. The van der Waals surface area contributed by atoms with Crippen molar-refractivity contribution in [2.75, 3.05) is 32.8 Å². The Morgan fingerprint density at radius 1 is 0.941 bits per heavy atom. The number of rotatable bonds is 15. The molecular weight excluding hydrogens is 424 g/mol. The number of amides is 1. The van der Waals surface area contributed by atoms with Gasteiger partial charge in [-0.15, -0.1) is 0 Å². The van der Waals surface area contributed by atoms with Crippen LogP contribution in [0.4, 0.5) is 4.79 Å². The second kappa shape index (κ2) is 16.1. The highest BCUT2D eigenvalue weighted by Gasteiger charge is 2.29. The Bertz CT molecular complexity index is 655. The molecule has 1 heterocycles. The number of unbranched alkanes of at least 4 members (excludes halogenated alkanes) is 5. The Morgan fingerprint density at radius 3 is 2.41 bits per heavy atom. The minimum Gasteiger partial charge on any atom is -0.445 e. The average Bonchev–Trinajstić information content (AvgIpc) is 3.39. The zero-order valence-corrected chi connectivity index (χ0v) is 21.6. The summed E-state index contributed by atoms with van der Waals surface area (Å²) in [6.07, 6.45) is 15.6. The fourth-order valence-electron chi connectivity index (χ4n) is 5.33. The Labute approximate surface area is 208 Å². The molecule has 2 fully saturated rings. The fourth-order valence-corrected chi connectivity index (χ4v) is 5.33. The number of hydrogen-bond donors (Lipinski definition) is 0. The molecule has 0 unspecified atom stereocenters. The Hall–Kier alpha value is -1.59. The van der Waals surface area contributed by atoms with Crippen molar-refractivity contribution in [3.63, 3.8) is 0 Å². The summed E-state index contributed by atoms with van der Waals surface area (Å²) in [7, 11) is 0. The highest BCUT2D eigenvalue weighted by Crippen LogP contribution is 2.26. The lowest BCUT2D eigenvalue weighted by molar-refractivity contribution is 0.00302. The molecule has 0 N–H and O–H groups in total. The van der Waals surface area contributed by atoms with E-state index < -0.39 is 0 Å². The molecule has 5 nitrogen and oxygen atoms in total. The minimum atomic E-state index is -0.154. The number of carbonyl (C=O) groups is 1. The fraction of sp³-hybridized carbons (Fsp3) is 0.759. The van der Waals surface area contributed by atoms with Crippen LogP contribution in [0.25, 0.3) is 0 Å². The molecule has 1 aromatic rings. The van der Waals surface area contributed by atoms with E-state index >= 15 is 0 Å². The van der Waals surface area contributed by atoms with Gasteiger partial charge in [0, 0.05) is 19.2 Å². The van der Waals surface area contributed by atoms with E-state index in [1.807, 2.05) is 35.2 Å². The first-order valence-electron chi connectivity index (χ1n) is 14.1. The van der Waals surface area contributed by atoms with E-state index in [0.29, 0.717) is 12.7 Å². The van der Waals surface area contributed by atoms with Crippen LogP contribution in [-0.4, -0.2) is 60.8 Å². The molecule has 34 heavy (non-hydrogen) atoms. The van der Waals surface area contributed by atoms with E-state index in [1.165, 1.54) is 58.2 Å². The molecule has 3 rings (SSSR count). The highest BCUT2D eigenvalue weighted by atomic mass is 16.6. The van der Waals surface area contributed by atoms with Gasteiger partial charge in [0.15, 0.2) is 0 Å². The molecule has 1 aliphatic heterocycles. The van der Waals surface area contributed by atoms with Gasteiger partial charge in [0.1, 0.15) is 6.61 Å². The summed E-state index contributed by atoms with van der Waals surface area (Å²) in [4.78, 5) is 17.6. The Morgan fingerprint density at radius 2 is 1.68 bits per heavy atom. The quantitative estimate of drug-likeness (QED) is 0.263. The lowest BCUT2D eigenvalue weighted by Gasteiger charge is -2.36. The molecule has 1 amide bonds. The molecule has 1 saturated heterocycles. The first-order valence-corrected chi connectivity index (χ1v) is 14.1. The first-order chi connectivity index (χ1) is 16.8. The van der Waals surface area contributed by atoms with Crippen LogP contribution in [0.5, 0.6) is 0 Å². The van der Waals surface area contributed by atoms with E-state index in [1.54, 1.807) is 0 Å². The SMILES string of the molecule is CCCCCN(C(=O)OCc1ccccc1)C1CCC(OCCCCCCN2CCCC2)CC1. The predicted octanol–water partition coefficient (Wildman–Crippen LogP) is 6.80. The maximum Gasteiger partial charge on any atom is 0.410 e. The van der Waals surface area contributed by atoms with Crippen LogP contribution in [0.3, 0.4) is 0 Å². The first kappa shape index (κ1) is 27.0. The van der Waals surface area contributed by atoms with Gasteiger partial charge in [0.25, 0.3) is 0 Å². The molecular formula is C29H48N2O3. The van der Waals surface area contributed by atoms with Gasteiger partial charge >= 0.3 is 6.09 Å². The van der Waals surface area contributed by atoms with Crippen molar-refractivity contribution in [3.8, 4) is 0 Å². The van der Waals surface area contributed by atoms with Crippen LogP contribution >= 0.6 is 0 Å². The minimum absolute atomic E-state index is 0.154. The molecule has 1 aromatic carbocycles. The van der Waals surface area contributed by atoms with Gasteiger partial charge in [-0.2, -0.15) is 0 Å². The average molecular weight is 473 g/mol. The molecule has 0 spiro atoms. The number of nitrogens with zero attached hydrogens (tertiary/aromatic N) is 2. The number of ether oxygens (including phenoxy) is 2. The third-order valence-corrected chi connectivity index (χ3v) is 7.45. The third-order valence-electron chi connectivity index (χ3n) is 7.45. The lowest BCUT2D eigenvalue weighted by atomic mass is 9.91. The third kappa shape index (κ3) is 9.95. The van der Waals surface area contributed by atoms with Crippen molar-refractivity contribution in [1.29, 1.82) is 0 Å². The van der Waals surface area contributed by atoms with Crippen molar-refractivity contribution in [1.82, 2.24) is 9.80 Å². The summed E-state index contributed by atoms with van der Waals surface area (Å²) < 4.78 is 11.9. The number of hydrogen-bond acceptors (Lipinski definition) is 4. The van der Waals surface area contributed by atoms with Crippen molar-refractivity contribution < 1.29 is 14.3 Å². The van der Waals surface area contributed by atoms with Crippen LogP contribution in [0.15, 0.2) is 30.3 Å². The molecule has 192 valence electrons. The Kier molecular flexibility index (Phi) is 12.8. The van der Waals surface area contributed by atoms with Gasteiger partial charge < -0.3 is 19.3 Å². The molecule has 0 radical (unpaired) electrons. The molecule has 0 aromatic heterocycles. The van der Waals surface area contributed by atoms with Crippen molar-refractivity contribution in [2.24, 2.45) is 0 Å². The normalized spacial score (nSPS) is 21.0. The van der Waals surface area contributed by atoms with Crippen LogP contribution in [0, 0.1) is 0 Å².